The lowest BCUT2D eigenvalue weighted by Crippen LogP contribution is -2.30. The van der Waals surface area contributed by atoms with Crippen LogP contribution in [0.3, 0.4) is 0 Å². The zero-order chi connectivity index (χ0) is 22.0. The molecular weight excluding hydrogens is 402 g/mol. The number of aromatic amines is 1. The van der Waals surface area contributed by atoms with Crippen LogP contribution in [0.4, 0.5) is 10.5 Å². The monoisotopic (exact) mass is 429 g/mol. The van der Waals surface area contributed by atoms with E-state index in [9.17, 15) is 4.79 Å². The minimum atomic E-state index is -0.223. The fourth-order valence-electron chi connectivity index (χ4n) is 3.49. The molecule has 32 heavy (non-hydrogen) atoms. The van der Waals surface area contributed by atoms with Gasteiger partial charge in [-0.05, 0) is 47.9 Å². The topological polar surface area (TPSA) is 75.4 Å². The lowest BCUT2D eigenvalue weighted by atomic mass is 10.1. The third-order valence-electron chi connectivity index (χ3n) is 5.05. The van der Waals surface area contributed by atoms with Gasteiger partial charge in [0.25, 0.3) is 0 Å². The van der Waals surface area contributed by atoms with Crippen LogP contribution in [0.2, 0.25) is 0 Å². The average molecular weight is 430 g/mol. The Morgan fingerprint density at radius 1 is 0.906 bits per heavy atom. The smallest absolute Gasteiger partial charge is 0.319 e. The van der Waals surface area contributed by atoms with Crippen LogP contribution in [0.1, 0.15) is 11.1 Å². The molecule has 0 radical (unpaired) electrons. The number of urea groups is 1. The summed E-state index contributed by atoms with van der Waals surface area (Å²) in [5, 5.41) is 6.99. The summed E-state index contributed by atoms with van der Waals surface area (Å²) in [5.74, 6) is 0.831. The molecule has 0 aliphatic rings. The van der Waals surface area contributed by atoms with E-state index in [1.807, 2.05) is 79.0 Å². The molecule has 3 N–H and O–H groups in total. The Bertz CT molecular complexity index is 1140. The van der Waals surface area contributed by atoms with Crippen LogP contribution in [0.15, 0.2) is 85.1 Å². The van der Waals surface area contributed by atoms with Crippen LogP contribution >= 0.6 is 0 Å². The summed E-state index contributed by atoms with van der Waals surface area (Å²) in [7, 11) is 0. The molecule has 1 heterocycles. The molecule has 0 spiro atoms. The maximum absolute atomic E-state index is 12.3. The number of anilines is 1. The van der Waals surface area contributed by atoms with Crippen molar-refractivity contribution < 1.29 is 14.3 Å². The van der Waals surface area contributed by atoms with Crippen molar-refractivity contribution >= 4 is 22.6 Å². The van der Waals surface area contributed by atoms with Crippen LogP contribution in [-0.2, 0) is 17.8 Å². The summed E-state index contributed by atoms with van der Waals surface area (Å²) >= 11 is 0. The van der Waals surface area contributed by atoms with Crippen LogP contribution in [0, 0.1) is 0 Å². The van der Waals surface area contributed by atoms with Gasteiger partial charge in [0.15, 0.2) is 0 Å². The molecule has 2 amide bonds. The molecule has 0 atom stereocenters. The molecular formula is C26H27N3O3. The minimum Gasteiger partial charge on any atom is -0.491 e. The van der Waals surface area contributed by atoms with E-state index in [4.69, 9.17) is 9.47 Å². The highest BCUT2D eigenvalue weighted by Crippen LogP contribution is 2.18. The first-order valence-corrected chi connectivity index (χ1v) is 10.7. The maximum Gasteiger partial charge on any atom is 0.319 e. The second kappa shape index (κ2) is 11.0. The highest BCUT2D eigenvalue weighted by atomic mass is 16.5. The van der Waals surface area contributed by atoms with Crippen molar-refractivity contribution in [3.63, 3.8) is 0 Å². The van der Waals surface area contributed by atoms with Crippen molar-refractivity contribution in [3.8, 4) is 5.75 Å². The van der Waals surface area contributed by atoms with Crippen molar-refractivity contribution in [2.75, 3.05) is 25.1 Å². The number of rotatable bonds is 10. The Labute approximate surface area is 187 Å². The van der Waals surface area contributed by atoms with Gasteiger partial charge >= 0.3 is 6.03 Å². The predicted octanol–water partition coefficient (Wildman–Crippen LogP) is 5.13. The quantitative estimate of drug-likeness (QED) is 0.306. The number of para-hydroxylation sites is 2. The summed E-state index contributed by atoms with van der Waals surface area (Å²) in [6.45, 7) is 1.98. The van der Waals surface area contributed by atoms with Gasteiger partial charge in [0.2, 0.25) is 0 Å². The number of hydrogen-bond acceptors (Lipinski definition) is 3. The van der Waals surface area contributed by atoms with E-state index in [1.54, 1.807) is 0 Å². The predicted molar refractivity (Wildman–Crippen MR) is 127 cm³/mol. The summed E-state index contributed by atoms with van der Waals surface area (Å²) in [4.78, 5) is 15.5. The van der Waals surface area contributed by atoms with Gasteiger partial charge in [-0.1, -0.05) is 48.5 Å². The second-order valence-electron chi connectivity index (χ2n) is 7.40. The van der Waals surface area contributed by atoms with Gasteiger partial charge in [-0.15, -0.1) is 0 Å². The van der Waals surface area contributed by atoms with Crippen molar-refractivity contribution in [2.24, 2.45) is 0 Å². The van der Waals surface area contributed by atoms with E-state index < -0.39 is 0 Å². The molecule has 0 saturated heterocycles. The van der Waals surface area contributed by atoms with Crippen molar-refractivity contribution in [1.29, 1.82) is 0 Å². The number of ether oxygens (including phenoxy) is 2. The molecule has 4 rings (SSSR count). The Kier molecular flexibility index (Phi) is 7.39. The zero-order valence-corrected chi connectivity index (χ0v) is 17.8. The Balaban J connectivity index is 1.17. The van der Waals surface area contributed by atoms with Crippen LogP contribution < -0.4 is 15.4 Å². The van der Waals surface area contributed by atoms with Gasteiger partial charge in [-0.3, -0.25) is 0 Å². The molecule has 6 nitrogen and oxygen atoms in total. The maximum atomic E-state index is 12.3. The molecule has 0 fully saturated rings. The van der Waals surface area contributed by atoms with Gasteiger partial charge in [-0.2, -0.15) is 0 Å². The fourth-order valence-corrected chi connectivity index (χ4v) is 3.49. The average Bonchev–Trinajstić information content (AvgIpc) is 3.23. The third kappa shape index (κ3) is 6.12. The summed E-state index contributed by atoms with van der Waals surface area (Å²) in [6.07, 6.45) is 2.76. The summed E-state index contributed by atoms with van der Waals surface area (Å²) in [6, 6.07) is 25.3. The number of amides is 2. The fraction of sp³-hybridized carbons (Fsp3) is 0.192. The van der Waals surface area contributed by atoms with E-state index in [2.05, 4.69) is 21.7 Å². The Morgan fingerprint density at radius 3 is 2.66 bits per heavy atom. The molecule has 0 aliphatic heterocycles. The molecule has 0 bridgehead atoms. The number of fused-ring (bicyclic) bond motifs is 1. The SMILES string of the molecule is O=C(NCCc1c[nH]c2ccccc12)Nc1cccc(COCCOc2ccccc2)c1. The number of hydrogen-bond donors (Lipinski definition) is 3. The molecule has 0 saturated carbocycles. The zero-order valence-electron chi connectivity index (χ0n) is 17.8. The first kappa shape index (κ1) is 21.5. The molecule has 6 heteroatoms. The standard InChI is InChI=1S/C26H27N3O3/c30-26(27-14-13-21-18-28-25-12-5-4-11-24(21)25)29-22-8-6-7-20(17-22)19-31-15-16-32-23-9-2-1-3-10-23/h1-12,17-18,28H,13-16,19H2,(H2,27,29,30). The van der Waals surface area contributed by atoms with Crippen molar-refractivity contribution in [1.82, 2.24) is 10.3 Å². The lowest BCUT2D eigenvalue weighted by molar-refractivity contribution is 0.0889. The molecule has 0 unspecified atom stereocenters. The first-order valence-electron chi connectivity index (χ1n) is 10.7. The van der Waals surface area contributed by atoms with Gasteiger partial charge < -0.3 is 25.1 Å². The van der Waals surface area contributed by atoms with Crippen LogP contribution in [0.5, 0.6) is 5.75 Å². The van der Waals surface area contributed by atoms with Gasteiger partial charge in [0.1, 0.15) is 12.4 Å². The minimum absolute atomic E-state index is 0.223. The van der Waals surface area contributed by atoms with Gasteiger partial charge in [-0.25, -0.2) is 4.79 Å². The van der Waals surface area contributed by atoms with Crippen LogP contribution in [0.25, 0.3) is 10.9 Å². The molecule has 1 aromatic heterocycles. The van der Waals surface area contributed by atoms with Gasteiger partial charge in [0.05, 0.1) is 13.2 Å². The van der Waals surface area contributed by atoms with Crippen molar-refractivity contribution in [3.05, 3.63) is 96.2 Å². The Morgan fingerprint density at radius 2 is 1.75 bits per heavy atom. The van der Waals surface area contributed by atoms with Gasteiger partial charge in [0, 0.05) is 29.3 Å². The van der Waals surface area contributed by atoms with Crippen molar-refractivity contribution in [2.45, 2.75) is 13.0 Å². The van der Waals surface area contributed by atoms with Crippen LogP contribution in [-0.4, -0.2) is 30.8 Å². The number of carbonyl (C=O) groups is 1. The second-order valence-corrected chi connectivity index (χ2v) is 7.40. The van der Waals surface area contributed by atoms with E-state index >= 15 is 0 Å². The van der Waals surface area contributed by atoms with E-state index in [1.165, 1.54) is 10.9 Å². The molecule has 0 aliphatic carbocycles. The number of carbonyl (C=O) groups excluding carboxylic acids is 1. The third-order valence-corrected chi connectivity index (χ3v) is 5.05. The number of nitrogens with one attached hydrogen (secondary N) is 3. The first-order chi connectivity index (χ1) is 15.8. The summed E-state index contributed by atoms with van der Waals surface area (Å²) in [5.41, 5.74) is 4.02. The largest absolute Gasteiger partial charge is 0.491 e. The highest BCUT2D eigenvalue weighted by Gasteiger charge is 2.05. The van der Waals surface area contributed by atoms with E-state index in [0.717, 1.165) is 28.9 Å². The number of H-pyrrole nitrogens is 1. The van der Waals surface area contributed by atoms with E-state index in [0.29, 0.717) is 26.4 Å². The summed E-state index contributed by atoms with van der Waals surface area (Å²) < 4.78 is 11.3. The normalized spacial score (nSPS) is 10.8. The number of benzene rings is 3. The molecule has 4 aromatic rings. The highest BCUT2D eigenvalue weighted by molar-refractivity contribution is 5.89. The molecule has 164 valence electrons. The molecule has 3 aromatic carbocycles. The Hall–Kier alpha value is -3.77. The van der Waals surface area contributed by atoms with E-state index in [-0.39, 0.29) is 6.03 Å². The lowest BCUT2D eigenvalue weighted by Gasteiger charge is -2.10. The number of aromatic nitrogens is 1.